The fraction of sp³-hybridized carbons (Fsp3) is 0.471. The maximum absolute atomic E-state index is 12.7. The smallest absolute Gasteiger partial charge is 0.274 e. The lowest BCUT2D eigenvalue weighted by molar-refractivity contribution is 0.0679. The van der Waals surface area contributed by atoms with Gasteiger partial charge in [0.1, 0.15) is 5.69 Å². The van der Waals surface area contributed by atoms with E-state index >= 15 is 0 Å². The molecule has 112 valence electrons. The molecule has 21 heavy (non-hydrogen) atoms. The van der Waals surface area contributed by atoms with E-state index in [-0.39, 0.29) is 11.9 Å². The third-order valence-corrected chi connectivity index (χ3v) is 3.80. The van der Waals surface area contributed by atoms with Gasteiger partial charge in [-0.15, -0.1) is 0 Å². The molecule has 0 aliphatic heterocycles. The zero-order valence-electron chi connectivity index (χ0n) is 13.0. The Hall–Kier alpha value is -1.97. The van der Waals surface area contributed by atoms with Gasteiger partial charge in [-0.05, 0) is 31.9 Å². The van der Waals surface area contributed by atoms with E-state index in [1.807, 2.05) is 29.2 Å². The predicted molar refractivity (Wildman–Crippen MR) is 85.2 cm³/mol. The molecule has 2 rings (SSSR count). The van der Waals surface area contributed by atoms with Crippen LogP contribution in [0.25, 0.3) is 11.0 Å². The number of aromatic nitrogens is 2. The molecule has 1 heterocycles. The van der Waals surface area contributed by atoms with Crippen LogP contribution in [0.1, 0.15) is 50.5 Å². The molecular weight excluding hydrogens is 262 g/mol. The molecule has 4 heteroatoms. The highest BCUT2D eigenvalue weighted by Gasteiger charge is 2.21. The monoisotopic (exact) mass is 285 g/mol. The molecule has 1 atom stereocenters. The molecule has 0 spiro atoms. The van der Waals surface area contributed by atoms with Crippen molar-refractivity contribution in [3.63, 3.8) is 0 Å². The van der Waals surface area contributed by atoms with E-state index in [1.54, 1.807) is 6.20 Å². The minimum Gasteiger partial charge on any atom is -0.335 e. The molecule has 1 aromatic carbocycles. The molecule has 4 nitrogen and oxygen atoms in total. The van der Waals surface area contributed by atoms with Crippen molar-refractivity contribution in [2.75, 3.05) is 6.54 Å². The van der Waals surface area contributed by atoms with Crippen molar-refractivity contribution in [2.24, 2.45) is 0 Å². The molecule has 0 saturated heterocycles. The van der Waals surface area contributed by atoms with Gasteiger partial charge in [0, 0.05) is 12.6 Å². The molecular formula is C17H23N3O. The van der Waals surface area contributed by atoms with Crippen LogP contribution in [-0.2, 0) is 0 Å². The number of rotatable bonds is 6. The average Bonchev–Trinajstić information content (AvgIpc) is 2.54. The summed E-state index contributed by atoms with van der Waals surface area (Å²) in [5.41, 5.74) is 2.02. The molecule has 0 bridgehead atoms. The predicted octanol–water partition coefficient (Wildman–Crippen LogP) is 3.67. The Morgan fingerprint density at radius 2 is 1.95 bits per heavy atom. The van der Waals surface area contributed by atoms with E-state index in [0.717, 1.165) is 36.8 Å². The normalized spacial score (nSPS) is 12.3. The van der Waals surface area contributed by atoms with Crippen molar-refractivity contribution < 1.29 is 4.79 Å². The Balaban J connectivity index is 2.28. The van der Waals surface area contributed by atoms with Crippen LogP contribution in [0.2, 0.25) is 0 Å². The van der Waals surface area contributed by atoms with Crippen LogP contribution in [0.15, 0.2) is 30.5 Å². The van der Waals surface area contributed by atoms with Gasteiger partial charge in [-0.1, -0.05) is 32.4 Å². The second-order valence-corrected chi connectivity index (χ2v) is 5.35. The maximum Gasteiger partial charge on any atom is 0.274 e. The average molecular weight is 285 g/mol. The van der Waals surface area contributed by atoms with Gasteiger partial charge in [0.15, 0.2) is 0 Å². The molecule has 1 unspecified atom stereocenters. The molecule has 1 amide bonds. The Labute approximate surface area is 126 Å². The van der Waals surface area contributed by atoms with Gasteiger partial charge in [-0.2, -0.15) is 0 Å². The van der Waals surface area contributed by atoms with E-state index in [1.165, 1.54) is 0 Å². The summed E-state index contributed by atoms with van der Waals surface area (Å²) in [5, 5.41) is 0. The van der Waals surface area contributed by atoms with E-state index in [9.17, 15) is 4.79 Å². The number of fused-ring (bicyclic) bond motifs is 1. The minimum atomic E-state index is -0.0175. The zero-order chi connectivity index (χ0) is 15.2. The topological polar surface area (TPSA) is 46.1 Å². The molecule has 0 radical (unpaired) electrons. The highest BCUT2D eigenvalue weighted by molar-refractivity contribution is 5.94. The summed E-state index contributed by atoms with van der Waals surface area (Å²) in [4.78, 5) is 23.4. The van der Waals surface area contributed by atoms with Gasteiger partial charge in [0.25, 0.3) is 5.91 Å². The SMILES string of the molecule is CCCCN(C(=O)c1cnc2ccccc2n1)C(C)CC. The molecule has 2 aromatic rings. The molecule has 0 fully saturated rings. The third kappa shape index (κ3) is 3.57. The Bertz CT molecular complexity index is 612. The summed E-state index contributed by atoms with van der Waals surface area (Å²) in [6.07, 6.45) is 4.61. The van der Waals surface area contributed by atoms with Gasteiger partial charge < -0.3 is 4.90 Å². The standard InChI is InChI=1S/C17H23N3O/c1-4-6-11-20(13(3)5-2)17(21)16-12-18-14-9-7-8-10-15(14)19-16/h7-10,12-13H,4-6,11H2,1-3H3. The van der Waals surface area contributed by atoms with Gasteiger partial charge in [0.05, 0.1) is 17.2 Å². The highest BCUT2D eigenvalue weighted by Crippen LogP contribution is 2.13. The van der Waals surface area contributed by atoms with Crippen molar-refractivity contribution in [1.82, 2.24) is 14.9 Å². The first-order valence-corrected chi connectivity index (χ1v) is 7.70. The largest absolute Gasteiger partial charge is 0.335 e. The number of benzene rings is 1. The van der Waals surface area contributed by atoms with Crippen molar-refractivity contribution in [3.8, 4) is 0 Å². The third-order valence-electron chi connectivity index (χ3n) is 3.80. The summed E-state index contributed by atoms with van der Waals surface area (Å²) in [5.74, 6) is -0.0175. The number of unbranched alkanes of at least 4 members (excludes halogenated alkanes) is 1. The van der Waals surface area contributed by atoms with E-state index in [0.29, 0.717) is 5.69 Å². The van der Waals surface area contributed by atoms with Crippen molar-refractivity contribution in [3.05, 3.63) is 36.2 Å². The highest BCUT2D eigenvalue weighted by atomic mass is 16.2. The number of para-hydroxylation sites is 2. The first kappa shape index (κ1) is 15.4. The van der Waals surface area contributed by atoms with Crippen LogP contribution in [0, 0.1) is 0 Å². The number of hydrogen-bond acceptors (Lipinski definition) is 3. The van der Waals surface area contributed by atoms with Crippen LogP contribution in [0.3, 0.4) is 0 Å². The number of carbonyl (C=O) groups excluding carboxylic acids is 1. The quantitative estimate of drug-likeness (QED) is 0.813. The fourth-order valence-electron chi connectivity index (χ4n) is 2.28. The number of amides is 1. The lowest BCUT2D eigenvalue weighted by atomic mass is 10.1. The van der Waals surface area contributed by atoms with Crippen molar-refractivity contribution >= 4 is 16.9 Å². The van der Waals surface area contributed by atoms with E-state index in [4.69, 9.17) is 0 Å². The Morgan fingerprint density at radius 3 is 2.62 bits per heavy atom. The fourth-order valence-corrected chi connectivity index (χ4v) is 2.28. The molecule has 0 N–H and O–H groups in total. The van der Waals surface area contributed by atoms with Crippen LogP contribution < -0.4 is 0 Å². The molecule has 0 aliphatic rings. The Morgan fingerprint density at radius 1 is 1.24 bits per heavy atom. The molecule has 1 aromatic heterocycles. The summed E-state index contributed by atoms with van der Waals surface area (Å²) >= 11 is 0. The van der Waals surface area contributed by atoms with Gasteiger partial charge in [-0.3, -0.25) is 9.78 Å². The summed E-state index contributed by atoms with van der Waals surface area (Å²) < 4.78 is 0. The molecule has 0 aliphatic carbocycles. The number of hydrogen-bond donors (Lipinski definition) is 0. The summed E-state index contributed by atoms with van der Waals surface area (Å²) in [6, 6.07) is 7.84. The second kappa shape index (κ2) is 7.16. The Kier molecular flexibility index (Phi) is 5.26. The lowest BCUT2D eigenvalue weighted by Gasteiger charge is -2.28. The zero-order valence-corrected chi connectivity index (χ0v) is 13.0. The summed E-state index contributed by atoms with van der Waals surface area (Å²) in [7, 11) is 0. The van der Waals surface area contributed by atoms with Crippen LogP contribution >= 0.6 is 0 Å². The van der Waals surface area contributed by atoms with Crippen molar-refractivity contribution in [1.29, 1.82) is 0 Å². The van der Waals surface area contributed by atoms with Gasteiger partial charge in [0.2, 0.25) is 0 Å². The lowest BCUT2D eigenvalue weighted by Crippen LogP contribution is -2.39. The van der Waals surface area contributed by atoms with Crippen molar-refractivity contribution in [2.45, 2.75) is 46.1 Å². The maximum atomic E-state index is 12.7. The van der Waals surface area contributed by atoms with Gasteiger partial charge in [-0.25, -0.2) is 4.98 Å². The molecule has 0 saturated carbocycles. The van der Waals surface area contributed by atoms with Crippen LogP contribution in [0.5, 0.6) is 0 Å². The minimum absolute atomic E-state index is 0.0175. The second-order valence-electron chi connectivity index (χ2n) is 5.35. The van der Waals surface area contributed by atoms with E-state index in [2.05, 4.69) is 30.7 Å². The van der Waals surface area contributed by atoms with Crippen LogP contribution in [-0.4, -0.2) is 33.4 Å². The van der Waals surface area contributed by atoms with E-state index < -0.39 is 0 Å². The first-order valence-electron chi connectivity index (χ1n) is 7.70. The summed E-state index contributed by atoms with van der Waals surface area (Å²) in [6.45, 7) is 7.10. The number of carbonyl (C=O) groups is 1. The first-order chi connectivity index (χ1) is 10.2. The van der Waals surface area contributed by atoms with Gasteiger partial charge >= 0.3 is 0 Å². The van der Waals surface area contributed by atoms with Crippen LogP contribution in [0.4, 0.5) is 0 Å². The number of nitrogens with zero attached hydrogens (tertiary/aromatic N) is 3.